The lowest BCUT2D eigenvalue weighted by Crippen LogP contribution is -2.45. The third-order valence-electron chi connectivity index (χ3n) is 5.44. The van der Waals surface area contributed by atoms with E-state index in [1.165, 1.54) is 17.0 Å². The second kappa shape index (κ2) is 8.49. The maximum Gasteiger partial charge on any atom is 0.306 e. The first-order valence-corrected chi connectivity index (χ1v) is 12.2. The molecule has 1 aliphatic heterocycles. The van der Waals surface area contributed by atoms with Crippen LogP contribution in [-0.2, 0) is 20.5 Å². The van der Waals surface area contributed by atoms with Crippen LogP contribution >= 0.6 is 12.2 Å². The van der Waals surface area contributed by atoms with Gasteiger partial charge < -0.3 is 14.2 Å². The van der Waals surface area contributed by atoms with Gasteiger partial charge in [0.05, 0.1) is 13.4 Å². The Morgan fingerprint density at radius 3 is 2.09 bits per heavy atom. The van der Waals surface area contributed by atoms with E-state index in [4.69, 9.17) is 21.1 Å². The highest BCUT2D eigenvalue weighted by molar-refractivity contribution is 7.86. The second-order valence-electron chi connectivity index (χ2n) is 7.67. The number of rotatable bonds is 6. The van der Waals surface area contributed by atoms with Crippen molar-refractivity contribution in [2.24, 2.45) is 0 Å². The molecule has 0 aromatic heterocycles. The normalized spacial score (nSPS) is 18.2. The summed E-state index contributed by atoms with van der Waals surface area (Å²) in [4.78, 5) is 15.0. The fourth-order valence-corrected chi connectivity index (χ4v) is 4.58. The number of carbonyl (C=O) groups is 1. The summed E-state index contributed by atoms with van der Waals surface area (Å²) in [5.41, 5.74) is 1.60. The number of hydrogen-bond acceptors (Lipinski definition) is 6. The van der Waals surface area contributed by atoms with E-state index < -0.39 is 15.7 Å². The third kappa shape index (κ3) is 4.29. The average Bonchev–Trinajstić information content (AvgIpc) is 3.03. The van der Waals surface area contributed by atoms with Gasteiger partial charge in [-0.05, 0) is 64.8 Å². The van der Waals surface area contributed by atoms with Gasteiger partial charge >= 0.3 is 10.1 Å². The molecule has 7 nitrogen and oxygen atoms in total. The number of ether oxygens (including phenoxy) is 1. The van der Waals surface area contributed by atoms with Crippen LogP contribution in [0, 0.1) is 0 Å². The molecule has 0 spiro atoms. The number of benzene rings is 3. The Morgan fingerprint density at radius 1 is 0.909 bits per heavy atom. The Kier molecular flexibility index (Phi) is 5.85. The van der Waals surface area contributed by atoms with E-state index in [1.807, 2.05) is 48.5 Å². The monoisotopic (exact) mass is 482 g/mol. The molecule has 1 saturated heterocycles. The molecule has 1 amide bonds. The second-order valence-corrected chi connectivity index (χ2v) is 9.63. The van der Waals surface area contributed by atoms with Gasteiger partial charge in [-0.15, -0.1) is 0 Å². The molecule has 9 heteroatoms. The van der Waals surface area contributed by atoms with Crippen LogP contribution in [0.5, 0.6) is 11.5 Å². The molecule has 1 atom stereocenters. The minimum absolute atomic E-state index is 0.105. The van der Waals surface area contributed by atoms with Gasteiger partial charge in [0, 0.05) is 7.05 Å². The van der Waals surface area contributed by atoms with E-state index in [1.54, 1.807) is 26.3 Å². The lowest BCUT2D eigenvalue weighted by molar-refractivity contribution is -0.129. The molecule has 3 aromatic carbocycles. The molecular weight excluding hydrogens is 460 g/mol. The molecule has 1 heterocycles. The van der Waals surface area contributed by atoms with Gasteiger partial charge in [-0.1, -0.05) is 42.5 Å². The number of thiocarbonyl (C=S) groups is 1. The largest absolute Gasteiger partial charge is 0.497 e. The molecule has 3 aromatic rings. The van der Waals surface area contributed by atoms with Crippen molar-refractivity contribution in [1.29, 1.82) is 0 Å². The molecule has 0 bridgehead atoms. The maximum absolute atomic E-state index is 13.6. The van der Waals surface area contributed by atoms with E-state index in [0.29, 0.717) is 16.9 Å². The van der Waals surface area contributed by atoms with Gasteiger partial charge in [0.25, 0.3) is 5.91 Å². The van der Waals surface area contributed by atoms with E-state index in [-0.39, 0.29) is 16.8 Å². The first kappa shape index (κ1) is 22.8. The fraction of sp³-hybridized carbons (Fsp3) is 0.167. The van der Waals surface area contributed by atoms with Crippen molar-refractivity contribution in [3.63, 3.8) is 0 Å². The van der Waals surface area contributed by atoms with Gasteiger partial charge in [0.15, 0.2) is 10.7 Å². The van der Waals surface area contributed by atoms with Crippen molar-refractivity contribution in [2.75, 3.05) is 20.4 Å². The highest BCUT2D eigenvalue weighted by atomic mass is 32.2. The van der Waals surface area contributed by atoms with Crippen molar-refractivity contribution >= 4 is 33.4 Å². The van der Waals surface area contributed by atoms with Crippen LogP contribution in [0.15, 0.2) is 72.8 Å². The summed E-state index contributed by atoms with van der Waals surface area (Å²) in [6.07, 6.45) is 0.967. The molecule has 1 fully saturated rings. The molecule has 170 valence electrons. The minimum atomic E-state index is -3.74. The standard InChI is InChI=1S/C24H22N2O5S2/c1-26-22(27)24(25-23(26)32,19-10-6-12-21(15-19)31-33(3,28)29)18-9-4-7-16(13-18)17-8-5-11-20(14-17)30-2/h4-15H,1-3H3,(H,25,32). The summed E-state index contributed by atoms with van der Waals surface area (Å²) in [5.74, 6) is 0.536. The predicted molar refractivity (Wildman–Crippen MR) is 130 cm³/mol. The Balaban J connectivity index is 1.89. The van der Waals surface area contributed by atoms with Crippen LogP contribution in [0.25, 0.3) is 11.1 Å². The Labute approximate surface area is 198 Å². The van der Waals surface area contributed by atoms with Crippen LogP contribution in [-0.4, -0.2) is 44.8 Å². The Hall–Kier alpha value is -3.43. The molecular formula is C24H22N2O5S2. The van der Waals surface area contributed by atoms with Crippen LogP contribution in [0.3, 0.4) is 0 Å². The van der Waals surface area contributed by atoms with Crippen molar-refractivity contribution < 1.29 is 22.1 Å². The average molecular weight is 483 g/mol. The van der Waals surface area contributed by atoms with E-state index in [2.05, 4.69) is 5.32 Å². The van der Waals surface area contributed by atoms with Gasteiger partial charge in [-0.3, -0.25) is 9.69 Å². The van der Waals surface area contributed by atoms with Crippen molar-refractivity contribution in [3.8, 4) is 22.6 Å². The molecule has 0 saturated carbocycles. The summed E-state index contributed by atoms with van der Waals surface area (Å²) in [5, 5.41) is 3.43. The quantitative estimate of drug-likeness (QED) is 0.426. The predicted octanol–water partition coefficient (Wildman–Crippen LogP) is 3.29. The fourth-order valence-electron chi connectivity index (χ4n) is 3.89. The molecule has 1 unspecified atom stereocenters. The first-order valence-electron chi connectivity index (χ1n) is 9.99. The zero-order chi connectivity index (χ0) is 23.8. The number of likely N-dealkylation sites (N-methyl/N-ethyl adjacent to an activating group) is 1. The highest BCUT2D eigenvalue weighted by Crippen LogP contribution is 2.39. The molecule has 4 rings (SSSR count). The number of hydrogen-bond donors (Lipinski definition) is 1. The summed E-state index contributed by atoms with van der Waals surface area (Å²) >= 11 is 5.40. The Bertz CT molecular complexity index is 1360. The highest BCUT2D eigenvalue weighted by Gasteiger charge is 2.51. The summed E-state index contributed by atoms with van der Waals surface area (Å²) in [6.45, 7) is 0. The van der Waals surface area contributed by atoms with Crippen LogP contribution in [0.4, 0.5) is 0 Å². The minimum Gasteiger partial charge on any atom is -0.497 e. The summed E-state index contributed by atoms with van der Waals surface area (Å²) in [6, 6.07) is 21.6. The van der Waals surface area contributed by atoms with Crippen molar-refractivity contribution in [2.45, 2.75) is 5.54 Å². The number of amides is 1. The topological polar surface area (TPSA) is 84.9 Å². The Morgan fingerprint density at radius 2 is 1.48 bits per heavy atom. The molecule has 0 radical (unpaired) electrons. The first-order chi connectivity index (χ1) is 15.6. The van der Waals surface area contributed by atoms with Crippen molar-refractivity contribution in [3.05, 3.63) is 83.9 Å². The number of methoxy groups -OCH3 is 1. The van der Waals surface area contributed by atoms with Gasteiger partial charge in [-0.25, -0.2) is 0 Å². The van der Waals surface area contributed by atoms with Crippen LogP contribution in [0.2, 0.25) is 0 Å². The van der Waals surface area contributed by atoms with Crippen LogP contribution in [0.1, 0.15) is 11.1 Å². The smallest absolute Gasteiger partial charge is 0.306 e. The third-order valence-corrected chi connectivity index (χ3v) is 6.31. The molecule has 1 N–H and O–H groups in total. The van der Waals surface area contributed by atoms with E-state index >= 15 is 0 Å². The van der Waals surface area contributed by atoms with Gasteiger partial charge in [-0.2, -0.15) is 8.42 Å². The molecule has 33 heavy (non-hydrogen) atoms. The van der Waals surface area contributed by atoms with E-state index in [0.717, 1.165) is 17.4 Å². The zero-order valence-corrected chi connectivity index (χ0v) is 19.9. The number of nitrogens with one attached hydrogen (secondary N) is 1. The SMILES string of the molecule is COc1cccc(-c2cccc(C3(c4cccc(OS(C)(=O)=O)c4)NC(=S)N(C)C3=O)c2)c1. The maximum atomic E-state index is 13.6. The van der Waals surface area contributed by atoms with E-state index in [9.17, 15) is 13.2 Å². The summed E-state index contributed by atoms with van der Waals surface area (Å²) < 4.78 is 33.7. The van der Waals surface area contributed by atoms with Crippen molar-refractivity contribution in [1.82, 2.24) is 10.2 Å². The molecule has 1 aliphatic rings. The number of nitrogens with zero attached hydrogens (tertiary/aromatic N) is 1. The summed E-state index contributed by atoms with van der Waals surface area (Å²) in [7, 11) is -0.535. The number of carbonyl (C=O) groups excluding carboxylic acids is 1. The van der Waals surface area contributed by atoms with Gasteiger partial charge in [0.1, 0.15) is 11.5 Å². The van der Waals surface area contributed by atoms with Crippen LogP contribution < -0.4 is 14.2 Å². The zero-order valence-electron chi connectivity index (χ0n) is 18.2. The lowest BCUT2D eigenvalue weighted by Gasteiger charge is -2.29. The lowest BCUT2D eigenvalue weighted by atomic mass is 9.81. The van der Waals surface area contributed by atoms with Gasteiger partial charge in [0.2, 0.25) is 0 Å². The molecule has 0 aliphatic carbocycles.